The number of primary amides is 1. The Morgan fingerprint density at radius 1 is 1.03 bits per heavy atom. The van der Waals surface area contributed by atoms with Crippen LogP contribution in [0.4, 0.5) is 11.4 Å². The molecule has 10 nitrogen and oxygen atoms in total. The number of nitrogens with zero attached hydrogens (tertiary/aromatic N) is 4. The molecule has 1 saturated heterocycles. The number of amides is 2. The van der Waals surface area contributed by atoms with Crippen molar-refractivity contribution in [3.8, 4) is 0 Å². The Labute approximate surface area is 199 Å². The number of carbonyl (C=O) groups excluding carboxylic acids is 2. The molecule has 1 atom stereocenters. The van der Waals surface area contributed by atoms with Gasteiger partial charge >= 0.3 is 0 Å². The lowest BCUT2D eigenvalue weighted by Gasteiger charge is -2.33. The van der Waals surface area contributed by atoms with Gasteiger partial charge in [0.2, 0.25) is 15.9 Å². The summed E-state index contributed by atoms with van der Waals surface area (Å²) in [5, 5.41) is 8.49. The summed E-state index contributed by atoms with van der Waals surface area (Å²) in [5.74, 6) is -1.05. The minimum atomic E-state index is -3.60. The van der Waals surface area contributed by atoms with Gasteiger partial charge in [0.25, 0.3) is 5.91 Å². The number of rotatable bonds is 7. The molecule has 2 aromatic carbocycles. The maximum absolute atomic E-state index is 12.9. The summed E-state index contributed by atoms with van der Waals surface area (Å²) in [7, 11) is -3.60. The number of hydrazone groups is 1. The van der Waals surface area contributed by atoms with Crippen molar-refractivity contribution in [3.63, 3.8) is 0 Å². The predicted molar refractivity (Wildman–Crippen MR) is 130 cm³/mol. The zero-order chi connectivity index (χ0) is 24.3. The van der Waals surface area contributed by atoms with Gasteiger partial charge in [-0.15, -0.1) is 0 Å². The molecule has 0 spiro atoms. The van der Waals surface area contributed by atoms with E-state index in [9.17, 15) is 18.0 Å². The molecule has 2 heterocycles. The molecular weight excluding hydrogens is 456 g/mol. The van der Waals surface area contributed by atoms with Crippen LogP contribution in [-0.4, -0.2) is 73.9 Å². The highest BCUT2D eigenvalue weighted by Crippen LogP contribution is 2.25. The van der Waals surface area contributed by atoms with E-state index in [2.05, 4.69) is 22.2 Å². The zero-order valence-electron chi connectivity index (χ0n) is 18.9. The van der Waals surface area contributed by atoms with Gasteiger partial charge < -0.3 is 16.0 Å². The Morgan fingerprint density at radius 2 is 1.68 bits per heavy atom. The Kier molecular flexibility index (Phi) is 6.96. The van der Waals surface area contributed by atoms with E-state index in [0.29, 0.717) is 37.6 Å². The summed E-state index contributed by atoms with van der Waals surface area (Å²) in [6.07, 6.45) is 0.0757. The molecule has 2 amide bonds. The second-order valence-electron chi connectivity index (χ2n) is 8.17. The molecular formula is C23H28N6O4S. The van der Waals surface area contributed by atoms with E-state index in [-0.39, 0.29) is 17.0 Å². The van der Waals surface area contributed by atoms with Gasteiger partial charge in [-0.25, -0.2) is 8.42 Å². The smallest absolute Gasteiger partial charge is 0.271 e. The van der Waals surface area contributed by atoms with Crippen molar-refractivity contribution in [2.24, 2.45) is 10.8 Å². The average Bonchev–Trinajstić information content (AvgIpc) is 3.31. The van der Waals surface area contributed by atoms with Crippen molar-refractivity contribution in [2.45, 2.75) is 24.3 Å². The summed E-state index contributed by atoms with van der Waals surface area (Å²) in [6.45, 7) is 5.27. The van der Waals surface area contributed by atoms with E-state index in [1.165, 1.54) is 21.4 Å². The van der Waals surface area contributed by atoms with Crippen LogP contribution in [0.2, 0.25) is 0 Å². The van der Waals surface area contributed by atoms with Crippen LogP contribution >= 0.6 is 0 Å². The largest absolute Gasteiger partial charge is 0.368 e. The third-order valence-corrected chi connectivity index (χ3v) is 7.96. The lowest BCUT2D eigenvalue weighted by atomic mass is 10.1. The van der Waals surface area contributed by atoms with E-state index in [1.807, 2.05) is 6.07 Å². The normalized spacial score (nSPS) is 19.6. The molecule has 4 rings (SSSR count). The fourth-order valence-corrected chi connectivity index (χ4v) is 5.46. The molecule has 2 aromatic rings. The number of benzene rings is 2. The zero-order valence-corrected chi connectivity index (χ0v) is 19.7. The first-order chi connectivity index (χ1) is 16.3. The molecule has 2 aliphatic rings. The summed E-state index contributed by atoms with van der Waals surface area (Å²) >= 11 is 0. The summed E-state index contributed by atoms with van der Waals surface area (Å²) in [6, 6.07) is 14.3. The maximum atomic E-state index is 12.9. The van der Waals surface area contributed by atoms with Crippen molar-refractivity contribution in [1.29, 1.82) is 0 Å². The number of piperazine rings is 1. The highest BCUT2D eigenvalue weighted by atomic mass is 32.2. The van der Waals surface area contributed by atoms with Crippen molar-refractivity contribution >= 4 is 38.9 Å². The lowest BCUT2D eigenvalue weighted by molar-refractivity contribution is -0.119. The van der Waals surface area contributed by atoms with Gasteiger partial charge in [-0.05, 0) is 42.9 Å². The number of sulfonamides is 1. The molecule has 3 N–H and O–H groups in total. The van der Waals surface area contributed by atoms with Crippen LogP contribution in [0, 0.1) is 0 Å². The second kappa shape index (κ2) is 9.92. The number of carbonyl (C=O) groups is 2. The standard InChI is InChI=1S/C23H28N6O4S/c1-2-27-12-14-28(15-13-27)34(32,33)19-10-8-17(9-11-19)25-23(31)20-16-21(22(24)30)29(26-20)18-6-4-3-5-7-18/h3-11,21H,2,12-16H2,1H3,(H2,24,30)(H,25,31). The number of para-hydroxylation sites is 1. The van der Waals surface area contributed by atoms with Crippen molar-refractivity contribution in [3.05, 3.63) is 54.6 Å². The van der Waals surface area contributed by atoms with Crippen LogP contribution in [0.15, 0.2) is 64.6 Å². The topological polar surface area (TPSA) is 128 Å². The third-order valence-electron chi connectivity index (χ3n) is 6.05. The van der Waals surface area contributed by atoms with Crippen LogP contribution in [0.25, 0.3) is 0 Å². The van der Waals surface area contributed by atoms with Crippen molar-refractivity contribution in [1.82, 2.24) is 9.21 Å². The Morgan fingerprint density at radius 3 is 2.26 bits per heavy atom. The van der Waals surface area contributed by atoms with E-state index in [0.717, 1.165) is 6.54 Å². The SMILES string of the molecule is CCN1CCN(S(=O)(=O)c2ccc(NC(=O)C3=NN(c4ccccc4)C(C(N)=O)C3)cc2)CC1. The number of nitrogens with one attached hydrogen (secondary N) is 1. The van der Waals surface area contributed by atoms with Gasteiger partial charge in [-0.3, -0.25) is 14.6 Å². The van der Waals surface area contributed by atoms with Crippen LogP contribution in [0.1, 0.15) is 13.3 Å². The van der Waals surface area contributed by atoms with Gasteiger partial charge in [-0.1, -0.05) is 25.1 Å². The highest BCUT2D eigenvalue weighted by Gasteiger charge is 2.35. The molecule has 0 aromatic heterocycles. The van der Waals surface area contributed by atoms with Crippen LogP contribution < -0.4 is 16.1 Å². The van der Waals surface area contributed by atoms with Crippen LogP contribution in [-0.2, 0) is 19.6 Å². The molecule has 34 heavy (non-hydrogen) atoms. The first-order valence-corrected chi connectivity index (χ1v) is 12.6. The maximum Gasteiger partial charge on any atom is 0.271 e. The summed E-state index contributed by atoms with van der Waals surface area (Å²) < 4.78 is 27.4. The molecule has 0 aliphatic carbocycles. The molecule has 0 saturated carbocycles. The monoisotopic (exact) mass is 484 g/mol. The van der Waals surface area contributed by atoms with Gasteiger partial charge in [0.05, 0.1) is 10.6 Å². The van der Waals surface area contributed by atoms with Gasteiger partial charge in [0, 0.05) is 38.3 Å². The summed E-state index contributed by atoms with van der Waals surface area (Å²) in [5.41, 5.74) is 6.77. The van der Waals surface area contributed by atoms with E-state index >= 15 is 0 Å². The van der Waals surface area contributed by atoms with Gasteiger partial charge in [0.1, 0.15) is 11.8 Å². The second-order valence-corrected chi connectivity index (χ2v) is 10.1. The number of anilines is 2. The molecule has 180 valence electrons. The highest BCUT2D eigenvalue weighted by molar-refractivity contribution is 7.89. The number of hydrogen-bond donors (Lipinski definition) is 2. The third kappa shape index (κ3) is 4.96. The first kappa shape index (κ1) is 23.9. The molecule has 11 heteroatoms. The van der Waals surface area contributed by atoms with E-state index in [1.54, 1.807) is 36.4 Å². The number of likely N-dealkylation sites (N-methyl/N-ethyl adjacent to an activating group) is 1. The minimum absolute atomic E-state index is 0.0757. The van der Waals surface area contributed by atoms with Crippen LogP contribution in [0.5, 0.6) is 0 Å². The van der Waals surface area contributed by atoms with Crippen molar-refractivity contribution in [2.75, 3.05) is 43.0 Å². The quantitative estimate of drug-likeness (QED) is 0.605. The van der Waals surface area contributed by atoms with Crippen molar-refractivity contribution < 1.29 is 18.0 Å². The van der Waals surface area contributed by atoms with Crippen LogP contribution in [0.3, 0.4) is 0 Å². The number of nitrogens with two attached hydrogens (primary N) is 1. The Hall–Kier alpha value is -3.28. The lowest BCUT2D eigenvalue weighted by Crippen LogP contribution is -2.48. The average molecular weight is 485 g/mol. The molecule has 0 bridgehead atoms. The number of hydrogen-bond acceptors (Lipinski definition) is 7. The minimum Gasteiger partial charge on any atom is -0.368 e. The van der Waals surface area contributed by atoms with E-state index < -0.39 is 27.9 Å². The van der Waals surface area contributed by atoms with Gasteiger partial charge in [0.15, 0.2) is 0 Å². The van der Waals surface area contributed by atoms with E-state index in [4.69, 9.17) is 5.73 Å². The molecule has 1 unspecified atom stereocenters. The van der Waals surface area contributed by atoms with Gasteiger partial charge in [-0.2, -0.15) is 9.41 Å². The predicted octanol–water partition coefficient (Wildman–Crippen LogP) is 1.07. The first-order valence-electron chi connectivity index (χ1n) is 11.1. The fourth-order valence-electron chi connectivity index (χ4n) is 4.04. The Bertz CT molecular complexity index is 1180. The molecule has 2 aliphatic heterocycles. The fraction of sp³-hybridized carbons (Fsp3) is 0.348. The summed E-state index contributed by atoms with van der Waals surface area (Å²) in [4.78, 5) is 27.1. The Balaban J connectivity index is 1.44. The molecule has 0 radical (unpaired) electrons. The molecule has 1 fully saturated rings.